The lowest BCUT2D eigenvalue weighted by Crippen LogP contribution is -1.80. The van der Waals surface area contributed by atoms with Crippen molar-refractivity contribution in [3.63, 3.8) is 0 Å². The van der Waals surface area contributed by atoms with Gasteiger partial charge < -0.3 is 0 Å². The topological polar surface area (TPSA) is 12.9 Å². The smallest absolute Gasteiger partial charge is 0.130 e. The second-order valence-electron chi connectivity index (χ2n) is 3.11. The monoisotopic (exact) mass is 199 g/mol. The summed E-state index contributed by atoms with van der Waals surface area (Å²) in [4.78, 5) is 4.11. The highest BCUT2D eigenvalue weighted by Crippen LogP contribution is 2.10. The molecule has 0 unspecified atom stereocenters. The molecular formula is C13H10FN. The minimum Gasteiger partial charge on any atom is -0.257 e. The quantitative estimate of drug-likeness (QED) is 0.722. The summed E-state index contributed by atoms with van der Waals surface area (Å²) in [5.41, 5.74) is 1.39. The highest BCUT2D eigenvalue weighted by Gasteiger charge is 1.94. The average Bonchev–Trinajstić information content (AvgIpc) is 2.29. The molecule has 0 aliphatic heterocycles. The highest BCUT2D eigenvalue weighted by atomic mass is 19.1. The van der Waals surface area contributed by atoms with E-state index in [-0.39, 0.29) is 5.82 Å². The van der Waals surface area contributed by atoms with Crippen LogP contribution >= 0.6 is 0 Å². The van der Waals surface area contributed by atoms with Crippen molar-refractivity contribution in [2.24, 2.45) is 0 Å². The van der Waals surface area contributed by atoms with Crippen LogP contribution in [0.5, 0.6) is 0 Å². The predicted molar refractivity (Wildman–Crippen MR) is 59.6 cm³/mol. The van der Waals surface area contributed by atoms with Crippen LogP contribution in [0.3, 0.4) is 0 Å². The molecule has 2 heteroatoms. The highest BCUT2D eigenvalue weighted by molar-refractivity contribution is 5.68. The summed E-state index contributed by atoms with van der Waals surface area (Å²) in [5.74, 6) is -0.218. The lowest BCUT2D eigenvalue weighted by molar-refractivity contribution is 0.625. The number of pyridine rings is 1. The Kier molecular flexibility index (Phi) is 2.88. The molecule has 0 atom stereocenters. The molecule has 2 aromatic rings. The first-order chi connectivity index (χ1) is 7.36. The third kappa shape index (κ3) is 2.50. The maximum atomic E-state index is 13.2. The average molecular weight is 199 g/mol. The van der Waals surface area contributed by atoms with Gasteiger partial charge in [0.1, 0.15) is 5.82 Å². The second-order valence-corrected chi connectivity index (χ2v) is 3.11. The first-order valence-corrected chi connectivity index (χ1v) is 4.70. The zero-order chi connectivity index (χ0) is 10.5. The van der Waals surface area contributed by atoms with Gasteiger partial charge in [-0.25, -0.2) is 4.39 Å². The Morgan fingerprint density at radius 1 is 0.933 bits per heavy atom. The molecule has 1 nitrogen and oxygen atoms in total. The van der Waals surface area contributed by atoms with Crippen LogP contribution in [0, 0.1) is 5.82 Å². The Balaban J connectivity index is 2.23. The van der Waals surface area contributed by atoms with E-state index in [2.05, 4.69) is 4.98 Å². The number of aromatic nitrogens is 1. The molecule has 15 heavy (non-hydrogen) atoms. The van der Waals surface area contributed by atoms with Crippen molar-refractivity contribution in [2.75, 3.05) is 0 Å². The molecule has 74 valence electrons. The van der Waals surface area contributed by atoms with Crippen molar-refractivity contribution in [1.82, 2.24) is 4.98 Å². The van der Waals surface area contributed by atoms with Gasteiger partial charge in [0.2, 0.25) is 0 Å². The summed E-state index contributed by atoms with van der Waals surface area (Å²) in [6.45, 7) is 0. The van der Waals surface area contributed by atoms with Crippen molar-refractivity contribution >= 4 is 12.2 Å². The van der Waals surface area contributed by atoms with Gasteiger partial charge in [-0.2, -0.15) is 0 Å². The third-order valence-corrected chi connectivity index (χ3v) is 2.03. The van der Waals surface area contributed by atoms with E-state index in [1.54, 1.807) is 36.5 Å². The molecule has 0 N–H and O–H groups in total. The van der Waals surface area contributed by atoms with Crippen molar-refractivity contribution in [2.45, 2.75) is 0 Å². The summed E-state index contributed by atoms with van der Waals surface area (Å²) in [7, 11) is 0. The maximum absolute atomic E-state index is 13.2. The molecule has 0 saturated heterocycles. The summed E-state index contributed by atoms with van der Waals surface area (Å²) in [6.07, 6.45) is 5.22. The second kappa shape index (κ2) is 4.51. The van der Waals surface area contributed by atoms with Gasteiger partial charge in [-0.05, 0) is 30.4 Å². The fraction of sp³-hybridized carbons (Fsp3) is 0. The van der Waals surface area contributed by atoms with Crippen LogP contribution in [0.2, 0.25) is 0 Å². The standard InChI is InChI=1S/C13H10FN/c14-13-7-2-1-5-11(13)8-9-12-6-3-4-10-15-12/h1-10H/b9-8-. The SMILES string of the molecule is Fc1ccccc1/C=C\c1ccccn1. The Bertz CT molecular complexity index is 463. The predicted octanol–water partition coefficient (Wildman–Crippen LogP) is 3.39. The zero-order valence-corrected chi connectivity index (χ0v) is 8.10. The van der Waals surface area contributed by atoms with Gasteiger partial charge in [-0.15, -0.1) is 0 Å². The van der Waals surface area contributed by atoms with Crippen LogP contribution in [0.4, 0.5) is 4.39 Å². The first-order valence-electron chi connectivity index (χ1n) is 4.70. The summed E-state index contributed by atoms with van der Waals surface area (Å²) >= 11 is 0. The third-order valence-electron chi connectivity index (χ3n) is 2.03. The van der Waals surface area contributed by atoms with E-state index in [0.29, 0.717) is 5.56 Å². The van der Waals surface area contributed by atoms with Gasteiger partial charge in [-0.3, -0.25) is 4.98 Å². The summed E-state index contributed by atoms with van der Waals surface area (Å²) in [5, 5.41) is 0. The minimum absolute atomic E-state index is 0.218. The van der Waals surface area contributed by atoms with E-state index in [1.807, 2.05) is 18.2 Å². The van der Waals surface area contributed by atoms with E-state index in [1.165, 1.54) is 6.07 Å². The molecular weight excluding hydrogens is 189 g/mol. The number of benzene rings is 1. The molecule has 0 amide bonds. The number of hydrogen-bond donors (Lipinski definition) is 0. The molecule has 0 bridgehead atoms. The van der Waals surface area contributed by atoms with Gasteiger partial charge in [0, 0.05) is 11.8 Å². The van der Waals surface area contributed by atoms with Crippen LogP contribution in [0.1, 0.15) is 11.3 Å². The number of hydrogen-bond acceptors (Lipinski definition) is 1. The van der Waals surface area contributed by atoms with E-state index in [9.17, 15) is 4.39 Å². The van der Waals surface area contributed by atoms with Crippen molar-refractivity contribution in [3.05, 3.63) is 65.7 Å². The van der Waals surface area contributed by atoms with E-state index >= 15 is 0 Å². The Hall–Kier alpha value is -1.96. The van der Waals surface area contributed by atoms with Gasteiger partial charge in [0.25, 0.3) is 0 Å². The normalized spacial score (nSPS) is 10.7. The Morgan fingerprint density at radius 3 is 2.47 bits per heavy atom. The molecule has 0 radical (unpaired) electrons. The van der Waals surface area contributed by atoms with E-state index < -0.39 is 0 Å². The number of nitrogens with zero attached hydrogens (tertiary/aromatic N) is 1. The van der Waals surface area contributed by atoms with Crippen molar-refractivity contribution in [3.8, 4) is 0 Å². The molecule has 2 rings (SSSR count). The largest absolute Gasteiger partial charge is 0.257 e. The van der Waals surface area contributed by atoms with E-state index in [4.69, 9.17) is 0 Å². The molecule has 1 aromatic heterocycles. The molecule has 0 aliphatic carbocycles. The fourth-order valence-corrected chi connectivity index (χ4v) is 1.26. The molecule has 0 spiro atoms. The van der Waals surface area contributed by atoms with Crippen LogP contribution in [0.15, 0.2) is 48.7 Å². The summed E-state index contributed by atoms with van der Waals surface area (Å²) in [6, 6.07) is 12.3. The summed E-state index contributed by atoms with van der Waals surface area (Å²) < 4.78 is 13.2. The van der Waals surface area contributed by atoms with Crippen LogP contribution < -0.4 is 0 Å². The Morgan fingerprint density at radius 2 is 1.73 bits per heavy atom. The number of rotatable bonds is 2. The first kappa shape index (κ1) is 9.59. The molecule has 1 aromatic carbocycles. The molecule has 0 fully saturated rings. The van der Waals surface area contributed by atoms with Gasteiger partial charge in [-0.1, -0.05) is 24.3 Å². The van der Waals surface area contributed by atoms with E-state index in [0.717, 1.165) is 5.69 Å². The number of halogens is 1. The van der Waals surface area contributed by atoms with Crippen LogP contribution in [-0.4, -0.2) is 4.98 Å². The van der Waals surface area contributed by atoms with Gasteiger partial charge in [0.15, 0.2) is 0 Å². The lowest BCUT2D eigenvalue weighted by Gasteiger charge is -1.95. The maximum Gasteiger partial charge on any atom is 0.130 e. The van der Waals surface area contributed by atoms with Crippen LogP contribution in [-0.2, 0) is 0 Å². The van der Waals surface area contributed by atoms with Crippen molar-refractivity contribution in [1.29, 1.82) is 0 Å². The molecule has 1 heterocycles. The van der Waals surface area contributed by atoms with Gasteiger partial charge >= 0.3 is 0 Å². The molecule has 0 aliphatic rings. The van der Waals surface area contributed by atoms with Gasteiger partial charge in [0.05, 0.1) is 5.69 Å². The Labute approximate surface area is 87.9 Å². The minimum atomic E-state index is -0.218. The molecule has 0 saturated carbocycles. The fourth-order valence-electron chi connectivity index (χ4n) is 1.26. The van der Waals surface area contributed by atoms with Crippen LogP contribution in [0.25, 0.3) is 12.2 Å². The lowest BCUT2D eigenvalue weighted by atomic mass is 10.2. The van der Waals surface area contributed by atoms with Crippen molar-refractivity contribution < 1.29 is 4.39 Å². The zero-order valence-electron chi connectivity index (χ0n) is 8.10.